The first-order valence-electron chi connectivity index (χ1n) is 7.04. The fraction of sp³-hybridized carbons (Fsp3) is 0.538. The van der Waals surface area contributed by atoms with Crippen LogP contribution in [0.15, 0.2) is 17.6 Å². The molecule has 114 valence electrons. The van der Waals surface area contributed by atoms with Gasteiger partial charge in [0.2, 0.25) is 0 Å². The van der Waals surface area contributed by atoms with Crippen LogP contribution in [0, 0.1) is 0 Å². The summed E-state index contributed by atoms with van der Waals surface area (Å²) in [5.41, 5.74) is 0. The van der Waals surface area contributed by atoms with Gasteiger partial charge in [-0.15, -0.1) is 10.2 Å². The van der Waals surface area contributed by atoms with Gasteiger partial charge < -0.3 is 15.2 Å². The van der Waals surface area contributed by atoms with Crippen LogP contribution in [0.5, 0.6) is 0 Å². The topological polar surface area (TPSA) is 80.5 Å². The molecule has 2 heterocycles. The lowest BCUT2D eigenvalue weighted by Crippen LogP contribution is -2.10. The van der Waals surface area contributed by atoms with Crippen molar-refractivity contribution in [1.29, 1.82) is 0 Å². The van der Waals surface area contributed by atoms with E-state index in [1.807, 2.05) is 16.9 Å². The number of thioether (sulfide) groups is 1. The van der Waals surface area contributed by atoms with Gasteiger partial charge in [-0.05, 0) is 19.6 Å². The minimum Gasteiger partial charge on any atom is -0.370 e. The van der Waals surface area contributed by atoms with Crippen molar-refractivity contribution in [2.24, 2.45) is 0 Å². The van der Waals surface area contributed by atoms with Gasteiger partial charge in [-0.3, -0.25) is 0 Å². The van der Waals surface area contributed by atoms with Crippen molar-refractivity contribution in [3.63, 3.8) is 0 Å². The van der Waals surface area contributed by atoms with Gasteiger partial charge in [-0.25, -0.2) is 9.97 Å². The highest BCUT2D eigenvalue weighted by Gasteiger charge is 2.06. The Morgan fingerprint density at radius 1 is 1.19 bits per heavy atom. The van der Waals surface area contributed by atoms with Crippen molar-refractivity contribution in [1.82, 2.24) is 24.7 Å². The molecule has 2 N–H and O–H groups in total. The molecule has 2 aromatic heterocycles. The first-order chi connectivity index (χ1) is 10.3. The summed E-state index contributed by atoms with van der Waals surface area (Å²) in [6.07, 6.45) is 4.76. The summed E-state index contributed by atoms with van der Waals surface area (Å²) in [7, 11) is 0. The van der Waals surface area contributed by atoms with Crippen LogP contribution in [0.3, 0.4) is 0 Å². The average molecular weight is 307 g/mol. The van der Waals surface area contributed by atoms with Crippen LogP contribution in [0.2, 0.25) is 0 Å². The third kappa shape index (κ3) is 4.32. The van der Waals surface area contributed by atoms with E-state index in [-0.39, 0.29) is 0 Å². The number of anilines is 2. The van der Waals surface area contributed by atoms with Gasteiger partial charge >= 0.3 is 0 Å². The SMILES string of the molecule is CCCNc1cc(NCc2nncn2CC)nc(SC)n1. The summed E-state index contributed by atoms with van der Waals surface area (Å²) in [5.74, 6) is 2.53. The van der Waals surface area contributed by atoms with E-state index in [1.54, 1.807) is 6.33 Å². The maximum absolute atomic E-state index is 4.46. The number of aromatic nitrogens is 5. The van der Waals surface area contributed by atoms with Gasteiger partial charge in [0.15, 0.2) is 11.0 Å². The Hall–Kier alpha value is -1.83. The number of nitrogens with zero attached hydrogens (tertiary/aromatic N) is 5. The van der Waals surface area contributed by atoms with Crippen LogP contribution >= 0.6 is 11.8 Å². The lowest BCUT2D eigenvalue weighted by atomic mass is 10.4. The minimum atomic E-state index is 0.589. The summed E-state index contributed by atoms with van der Waals surface area (Å²) < 4.78 is 2.00. The predicted molar refractivity (Wildman–Crippen MR) is 85.6 cm³/mol. The van der Waals surface area contributed by atoms with Gasteiger partial charge in [0.05, 0.1) is 6.54 Å². The summed E-state index contributed by atoms with van der Waals surface area (Å²) in [6.45, 7) is 6.53. The smallest absolute Gasteiger partial charge is 0.191 e. The zero-order chi connectivity index (χ0) is 15.1. The second-order valence-electron chi connectivity index (χ2n) is 4.44. The molecule has 0 aliphatic rings. The van der Waals surface area contributed by atoms with Gasteiger partial charge in [-0.2, -0.15) is 0 Å². The molecule has 0 fully saturated rings. The Balaban J connectivity index is 2.07. The largest absolute Gasteiger partial charge is 0.370 e. The van der Waals surface area contributed by atoms with Crippen LogP contribution in [0.1, 0.15) is 26.1 Å². The Kier molecular flexibility index (Phi) is 5.79. The Morgan fingerprint density at radius 3 is 2.62 bits per heavy atom. The monoisotopic (exact) mass is 307 g/mol. The van der Waals surface area contributed by atoms with Gasteiger partial charge in [0, 0.05) is 19.2 Å². The molecule has 0 saturated carbocycles. The van der Waals surface area contributed by atoms with E-state index in [2.05, 4.69) is 44.6 Å². The Labute approximate surface area is 129 Å². The highest BCUT2D eigenvalue weighted by atomic mass is 32.2. The fourth-order valence-corrected chi connectivity index (χ4v) is 2.18. The Bertz CT molecular complexity index is 569. The average Bonchev–Trinajstić information content (AvgIpc) is 2.98. The normalized spacial score (nSPS) is 10.6. The third-order valence-electron chi connectivity index (χ3n) is 2.91. The molecule has 0 amide bonds. The molecule has 0 unspecified atom stereocenters. The van der Waals surface area contributed by atoms with Crippen molar-refractivity contribution in [2.45, 2.75) is 38.5 Å². The van der Waals surface area contributed by atoms with E-state index in [0.717, 1.165) is 42.1 Å². The van der Waals surface area contributed by atoms with Crippen LogP contribution in [0.4, 0.5) is 11.6 Å². The highest BCUT2D eigenvalue weighted by molar-refractivity contribution is 7.98. The van der Waals surface area contributed by atoms with Crippen LogP contribution in [-0.4, -0.2) is 37.5 Å². The molecule has 0 bridgehead atoms. The zero-order valence-corrected chi connectivity index (χ0v) is 13.4. The van der Waals surface area contributed by atoms with E-state index in [0.29, 0.717) is 6.54 Å². The van der Waals surface area contributed by atoms with Crippen molar-refractivity contribution >= 4 is 23.4 Å². The number of aryl methyl sites for hydroxylation is 1. The van der Waals surface area contributed by atoms with Gasteiger partial charge in [-0.1, -0.05) is 18.7 Å². The van der Waals surface area contributed by atoms with Crippen molar-refractivity contribution in [2.75, 3.05) is 23.4 Å². The van der Waals surface area contributed by atoms with Gasteiger partial charge in [0.25, 0.3) is 0 Å². The molecule has 0 aliphatic heterocycles. The zero-order valence-electron chi connectivity index (χ0n) is 12.6. The van der Waals surface area contributed by atoms with Crippen LogP contribution < -0.4 is 10.6 Å². The molecule has 8 heteroatoms. The van der Waals surface area contributed by atoms with Crippen LogP contribution in [0.25, 0.3) is 0 Å². The second kappa shape index (κ2) is 7.82. The van der Waals surface area contributed by atoms with Crippen molar-refractivity contribution in [3.05, 3.63) is 18.2 Å². The van der Waals surface area contributed by atoms with E-state index < -0.39 is 0 Å². The first-order valence-corrected chi connectivity index (χ1v) is 8.26. The molecule has 0 aromatic carbocycles. The molecule has 0 spiro atoms. The van der Waals surface area contributed by atoms with Crippen molar-refractivity contribution in [3.8, 4) is 0 Å². The standard InChI is InChI=1S/C13H21N7S/c1-4-6-14-10-7-11(18-13(17-10)21-3)15-8-12-19-16-9-20(12)5-2/h7,9H,4-6,8H2,1-3H3,(H2,14,15,17,18). The van der Waals surface area contributed by atoms with Crippen molar-refractivity contribution < 1.29 is 0 Å². The summed E-state index contributed by atoms with van der Waals surface area (Å²) >= 11 is 1.53. The molecule has 7 nitrogen and oxygen atoms in total. The second-order valence-corrected chi connectivity index (χ2v) is 5.21. The molecule has 0 saturated heterocycles. The summed E-state index contributed by atoms with van der Waals surface area (Å²) in [4.78, 5) is 8.89. The Morgan fingerprint density at radius 2 is 1.95 bits per heavy atom. The molecule has 0 aliphatic carbocycles. The molecule has 2 aromatic rings. The minimum absolute atomic E-state index is 0.589. The van der Waals surface area contributed by atoms with Crippen LogP contribution in [-0.2, 0) is 13.1 Å². The molecular weight excluding hydrogens is 286 g/mol. The lowest BCUT2D eigenvalue weighted by Gasteiger charge is -2.10. The predicted octanol–water partition coefficient (Wildman–Crippen LogP) is 2.24. The summed E-state index contributed by atoms with van der Waals surface area (Å²) in [5, 5.41) is 15.3. The molecule has 0 atom stereocenters. The lowest BCUT2D eigenvalue weighted by molar-refractivity contribution is 0.706. The quantitative estimate of drug-likeness (QED) is 0.572. The van der Waals surface area contributed by atoms with E-state index in [9.17, 15) is 0 Å². The maximum atomic E-state index is 4.46. The fourth-order valence-electron chi connectivity index (χ4n) is 1.80. The molecule has 21 heavy (non-hydrogen) atoms. The summed E-state index contributed by atoms with van der Waals surface area (Å²) in [6, 6.07) is 1.92. The molecular formula is C13H21N7S. The molecule has 0 radical (unpaired) electrons. The molecule has 2 rings (SSSR count). The number of hydrogen-bond donors (Lipinski definition) is 2. The van der Waals surface area contributed by atoms with E-state index in [4.69, 9.17) is 0 Å². The highest BCUT2D eigenvalue weighted by Crippen LogP contribution is 2.17. The number of hydrogen-bond acceptors (Lipinski definition) is 7. The maximum Gasteiger partial charge on any atom is 0.191 e. The number of nitrogens with one attached hydrogen (secondary N) is 2. The third-order valence-corrected chi connectivity index (χ3v) is 3.46. The van der Waals surface area contributed by atoms with Gasteiger partial charge in [0.1, 0.15) is 18.0 Å². The van der Waals surface area contributed by atoms with E-state index in [1.165, 1.54) is 11.8 Å². The first kappa shape index (κ1) is 15.6. The van der Waals surface area contributed by atoms with E-state index >= 15 is 0 Å². The number of rotatable bonds is 8.